The first-order chi connectivity index (χ1) is 15.0. The Bertz CT molecular complexity index is 1080. The largest absolute Gasteiger partial charge is 0.391 e. The monoisotopic (exact) mass is 425 g/mol. The number of hydrogen-bond acceptors (Lipinski definition) is 5. The number of aliphatic hydroxyl groups excluding tert-OH is 1. The summed E-state index contributed by atoms with van der Waals surface area (Å²) in [5, 5.41) is 23.6. The van der Waals surface area contributed by atoms with Gasteiger partial charge in [0.15, 0.2) is 6.04 Å². The van der Waals surface area contributed by atoms with Gasteiger partial charge in [0.1, 0.15) is 13.1 Å². The van der Waals surface area contributed by atoms with E-state index in [2.05, 4.69) is 40.4 Å². The Morgan fingerprint density at radius 3 is 2.74 bits per heavy atom. The number of benzene rings is 1. The summed E-state index contributed by atoms with van der Waals surface area (Å²) in [5.41, 5.74) is 2.60. The molecule has 1 saturated carbocycles. The van der Waals surface area contributed by atoms with Crippen LogP contribution >= 0.6 is 0 Å². The maximum Gasteiger partial charge on any atom is 0.257 e. The van der Waals surface area contributed by atoms with Gasteiger partial charge in [-0.1, -0.05) is 38.8 Å². The summed E-state index contributed by atoms with van der Waals surface area (Å²) in [5.74, 6) is 1.10. The van der Waals surface area contributed by atoms with Gasteiger partial charge < -0.3 is 15.0 Å². The summed E-state index contributed by atoms with van der Waals surface area (Å²) in [6, 6.07) is 8.38. The SMILES string of the molecule is Cc1ccc2cc(C[NH+](CCO)[C@H](c3nnnn3C3CCCC3)C(C)C)c(=O)[nH]c2c1. The Balaban J connectivity index is 1.69. The first kappa shape index (κ1) is 21.6. The maximum atomic E-state index is 12.9. The van der Waals surface area contributed by atoms with Crippen molar-refractivity contribution in [1.29, 1.82) is 0 Å². The summed E-state index contributed by atoms with van der Waals surface area (Å²) < 4.78 is 2.00. The van der Waals surface area contributed by atoms with Gasteiger partial charge in [0, 0.05) is 11.4 Å². The molecule has 0 spiro atoms. The van der Waals surface area contributed by atoms with E-state index in [0.717, 1.165) is 40.0 Å². The molecule has 166 valence electrons. The number of hydrogen-bond donors (Lipinski definition) is 3. The molecule has 0 bridgehead atoms. The van der Waals surface area contributed by atoms with E-state index in [1.807, 2.05) is 29.8 Å². The lowest BCUT2D eigenvalue weighted by Gasteiger charge is -2.30. The topological polar surface area (TPSA) is 101 Å². The quantitative estimate of drug-likeness (QED) is 0.510. The third-order valence-corrected chi connectivity index (χ3v) is 6.50. The molecule has 3 aromatic rings. The van der Waals surface area contributed by atoms with Gasteiger partial charge in [0.05, 0.1) is 18.2 Å². The van der Waals surface area contributed by atoms with Crippen molar-refractivity contribution < 1.29 is 10.0 Å². The van der Waals surface area contributed by atoms with Gasteiger partial charge in [-0.3, -0.25) is 4.79 Å². The molecule has 8 nitrogen and oxygen atoms in total. The second kappa shape index (κ2) is 9.28. The van der Waals surface area contributed by atoms with Crippen molar-refractivity contribution in [3.8, 4) is 0 Å². The van der Waals surface area contributed by atoms with Crippen LogP contribution in [0.1, 0.15) is 68.6 Å². The molecule has 1 unspecified atom stereocenters. The smallest absolute Gasteiger partial charge is 0.257 e. The highest BCUT2D eigenvalue weighted by atomic mass is 16.3. The predicted octanol–water partition coefficient (Wildman–Crippen LogP) is 1.71. The summed E-state index contributed by atoms with van der Waals surface area (Å²) in [6.45, 7) is 7.38. The van der Waals surface area contributed by atoms with Crippen LogP contribution in [-0.2, 0) is 6.54 Å². The number of quaternary nitrogens is 1. The number of aliphatic hydroxyl groups is 1. The molecule has 1 fully saturated rings. The molecule has 4 rings (SSSR count). The zero-order valence-electron chi connectivity index (χ0n) is 18.6. The highest BCUT2D eigenvalue weighted by Crippen LogP contribution is 2.31. The fourth-order valence-corrected chi connectivity index (χ4v) is 5.00. The molecule has 31 heavy (non-hydrogen) atoms. The van der Waals surface area contributed by atoms with Crippen molar-refractivity contribution in [3.63, 3.8) is 0 Å². The molecule has 0 saturated heterocycles. The molecule has 1 aliphatic carbocycles. The molecule has 2 atom stereocenters. The van der Waals surface area contributed by atoms with E-state index in [-0.39, 0.29) is 24.1 Å². The van der Waals surface area contributed by atoms with Crippen LogP contribution in [0.25, 0.3) is 10.9 Å². The van der Waals surface area contributed by atoms with Gasteiger partial charge in [-0.25, -0.2) is 4.68 Å². The van der Waals surface area contributed by atoms with Crippen molar-refractivity contribution in [3.05, 3.63) is 51.6 Å². The number of aryl methyl sites for hydroxylation is 1. The van der Waals surface area contributed by atoms with E-state index in [1.54, 1.807) is 0 Å². The van der Waals surface area contributed by atoms with Gasteiger partial charge in [0.2, 0.25) is 5.82 Å². The molecule has 3 N–H and O–H groups in total. The summed E-state index contributed by atoms with van der Waals surface area (Å²) >= 11 is 0. The van der Waals surface area contributed by atoms with E-state index in [1.165, 1.54) is 12.8 Å². The van der Waals surface area contributed by atoms with E-state index >= 15 is 0 Å². The molecular weight excluding hydrogens is 392 g/mol. The predicted molar refractivity (Wildman–Crippen MR) is 119 cm³/mol. The molecule has 8 heteroatoms. The van der Waals surface area contributed by atoms with E-state index in [4.69, 9.17) is 0 Å². The molecule has 0 radical (unpaired) electrons. The number of nitrogens with one attached hydrogen (secondary N) is 2. The van der Waals surface area contributed by atoms with Gasteiger partial charge >= 0.3 is 0 Å². The third kappa shape index (κ3) is 4.55. The Morgan fingerprint density at radius 2 is 2.03 bits per heavy atom. The average Bonchev–Trinajstić information content (AvgIpc) is 3.40. The number of aromatic amines is 1. The first-order valence-electron chi connectivity index (χ1n) is 11.3. The molecular formula is C23H33N6O2+. The van der Waals surface area contributed by atoms with E-state index in [0.29, 0.717) is 24.7 Å². The summed E-state index contributed by atoms with van der Waals surface area (Å²) in [6.07, 6.45) is 4.61. The zero-order chi connectivity index (χ0) is 22.0. The Kier molecular flexibility index (Phi) is 6.48. The lowest BCUT2D eigenvalue weighted by molar-refractivity contribution is -0.950. The van der Waals surface area contributed by atoms with Gasteiger partial charge in [0.25, 0.3) is 5.56 Å². The minimum absolute atomic E-state index is 0.0177. The van der Waals surface area contributed by atoms with E-state index in [9.17, 15) is 9.90 Å². The van der Waals surface area contributed by atoms with Crippen LogP contribution < -0.4 is 10.5 Å². The van der Waals surface area contributed by atoms with Gasteiger partial charge in [-0.15, -0.1) is 5.10 Å². The summed E-state index contributed by atoms with van der Waals surface area (Å²) in [4.78, 5) is 17.0. The van der Waals surface area contributed by atoms with Crippen molar-refractivity contribution in [2.24, 2.45) is 5.92 Å². The maximum absolute atomic E-state index is 12.9. The van der Waals surface area contributed by atoms with Crippen LogP contribution in [0.15, 0.2) is 29.1 Å². The first-order valence-corrected chi connectivity index (χ1v) is 11.3. The minimum atomic E-state index is -0.0774. The number of tetrazole rings is 1. The van der Waals surface area contributed by atoms with Crippen LogP contribution in [-0.4, -0.2) is 43.4 Å². The Labute approximate surface area is 182 Å². The number of pyridine rings is 1. The fraction of sp³-hybridized carbons (Fsp3) is 0.565. The van der Waals surface area contributed by atoms with Gasteiger partial charge in [-0.05, 0) is 53.3 Å². The fourth-order valence-electron chi connectivity index (χ4n) is 5.00. The highest BCUT2D eigenvalue weighted by Gasteiger charge is 2.35. The van der Waals surface area contributed by atoms with Crippen molar-refractivity contribution in [1.82, 2.24) is 25.2 Å². The highest BCUT2D eigenvalue weighted by molar-refractivity contribution is 5.79. The summed E-state index contributed by atoms with van der Waals surface area (Å²) in [7, 11) is 0. The van der Waals surface area contributed by atoms with Gasteiger partial charge in [-0.2, -0.15) is 0 Å². The number of fused-ring (bicyclic) bond motifs is 1. The Hall–Kier alpha value is -2.58. The number of H-pyrrole nitrogens is 1. The lowest BCUT2D eigenvalue weighted by atomic mass is 10.00. The molecule has 0 amide bonds. The average molecular weight is 426 g/mol. The molecule has 1 aromatic carbocycles. The van der Waals surface area contributed by atoms with Crippen LogP contribution in [0.4, 0.5) is 0 Å². The number of aromatic nitrogens is 5. The molecule has 2 heterocycles. The number of nitrogens with zero attached hydrogens (tertiary/aromatic N) is 4. The molecule has 1 aliphatic rings. The molecule has 2 aromatic heterocycles. The zero-order valence-corrected chi connectivity index (χ0v) is 18.6. The minimum Gasteiger partial charge on any atom is -0.391 e. The van der Waals surface area contributed by atoms with E-state index < -0.39 is 0 Å². The van der Waals surface area contributed by atoms with Crippen LogP contribution in [0, 0.1) is 12.8 Å². The molecule has 0 aliphatic heterocycles. The standard InChI is InChI=1S/C23H32N6O2/c1-15(2)21(22-25-26-27-29(22)19-6-4-5-7-19)28(10-11-30)14-18-13-17-9-8-16(3)12-20(17)24-23(18)31/h8-9,12-13,15,19,21,30H,4-7,10-11,14H2,1-3H3,(H,24,31)/p+1/t21-/m0/s1. The number of rotatable bonds is 8. The normalized spacial score (nSPS) is 16.9. The second-order valence-corrected chi connectivity index (χ2v) is 9.16. The third-order valence-electron chi connectivity index (χ3n) is 6.50. The van der Waals surface area contributed by atoms with Crippen LogP contribution in [0.2, 0.25) is 0 Å². The van der Waals surface area contributed by atoms with Crippen LogP contribution in [0.5, 0.6) is 0 Å². The second-order valence-electron chi connectivity index (χ2n) is 9.16. The lowest BCUT2D eigenvalue weighted by Crippen LogP contribution is -3.12. The van der Waals surface area contributed by atoms with Crippen molar-refractivity contribution >= 4 is 10.9 Å². The van der Waals surface area contributed by atoms with Crippen molar-refractivity contribution in [2.75, 3.05) is 13.2 Å². The Morgan fingerprint density at radius 1 is 1.26 bits per heavy atom. The van der Waals surface area contributed by atoms with Crippen molar-refractivity contribution in [2.45, 2.75) is 65.1 Å². The van der Waals surface area contributed by atoms with Crippen LogP contribution in [0.3, 0.4) is 0 Å².